The Morgan fingerprint density at radius 1 is 1.15 bits per heavy atom. The fraction of sp³-hybridized carbons (Fsp3) is 0.300. The number of carbonyl (C=O) groups excluding carboxylic acids is 1. The fourth-order valence-electron chi connectivity index (χ4n) is 3.19. The minimum absolute atomic E-state index is 0.188. The molecule has 6 heteroatoms. The number of carbonyl (C=O) groups is 2. The van der Waals surface area contributed by atoms with Crippen LogP contribution in [-0.4, -0.2) is 17.0 Å². The maximum absolute atomic E-state index is 13.9. The Kier molecular flexibility index (Phi) is 5.02. The highest BCUT2D eigenvalue weighted by molar-refractivity contribution is 5.84. The van der Waals surface area contributed by atoms with Crippen molar-refractivity contribution in [2.75, 3.05) is 0 Å². The van der Waals surface area contributed by atoms with Gasteiger partial charge in [0.05, 0.1) is 12.0 Å². The van der Waals surface area contributed by atoms with Gasteiger partial charge in [-0.15, -0.1) is 0 Å². The summed E-state index contributed by atoms with van der Waals surface area (Å²) in [7, 11) is 0. The standard InChI is InChI=1S/C20H19F2NO3/c1-11(20(25)26)18(12-5-3-2-4-6-12)23-19(24)16-10-14(16)15-9-13(21)7-8-17(15)22/h2-9,11,14,16,18H,10H2,1H3,(H,23,24)(H,25,26). The van der Waals surface area contributed by atoms with E-state index >= 15 is 0 Å². The van der Waals surface area contributed by atoms with Gasteiger partial charge in [-0.2, -0.15) is 0 Å². The number of hydrogen-bond donors (Lipinski definition) is 2. The number of hydrogen-bond acceptors (Lipinski definition) is 2. The van der Waals surface area contributed by atoms with Crippen LogP contribution in [0.25, 0.3) is 0 Å². The minimum atomic E-state index is -1.03. The summed E-state index contributed by atoms with van der Waals surface area (Å²) in [5, 5.41) is 12.1. The molecule has 0 bridgehead atoms. The molecule has 3 rings (SSSR count). The van der Waals surface area contributed by atoms with Crippen LogP contribution in [0.5, 0.6) is 0 Å². The van der Waals surface area contributed by atoms with Crippen molar-refractivity contribution in [3.05, 3.63) is 71.3 Å². The lowest BCUT2D eigenvalue weighted by Gasteiger charge is -2.23. The van der Waals surface area contributed by atoms with Gasteiger partial charge in [-0.05, 0) is 48.6 Å². The molecule has 0 saturated heterocycles. The Morgan fingerprint density at radius 3 is 2.50 bits per heavy atom. The van der Waals surface area contributed by atoms with Crippen LogP contribution in [0, 0.1) is 23.5 Å². The van der Waals surface area contributed by atoms with E-state index in [1.54, 1.807) is 30.3 Å². The van der Waals surface area contributed by atoms with Gasteiger partial charge in [0.15, 0.2) is 0 Å². The van der Waals surface area contributed by atoms with Crippen LogP contribution >= 0.6 is 0 Å². The molecule has 136 valence electrons. The molecule has 1 fully saturated rings. The highest BCUT2D eigenvalue weighted by Crippen LogP contribution is 2.48. The van der Waals surface area contributed by atoms with Gasteiger partial charge < -0.3 is 10.4 Å². The van der Waals surface area contributed by atoms with Crippen molar-refractivity contribution in [1.82, 2.24) is 5.32 Å². The van der Waals surface area contributed by atoms with Crippen molar-refractivity contribution in [3.63, 3.8) is 0 Å². The molecular formula is C20H19F2NO3. The first-order valence-corrected chi connectivity index (χ1v) is 8.41. The van der Waals surface area contributed by atoms with Gasteiger partial charge in [-0.1, -0.05) is 30.3 Å². The largest absolute Gasteiger partial charge is 0.481 e. The molecule has 1 aliphatic carbocycles. The number of benzene rings is 2. The molecule has 4 unspecified atom stereocenters. The van der Waals surface area contributed by atoms with Gasteiger partial charge >= 0.3 is 5.97 Å². The van der Waals surface area contributed by atoms with E-state index in [9.17, 15) is 23.5 Å². The Labute approximate surface area is 149 Å². The third-order valence-corrected chi connectivity index (χ3v) is 4.83. The molecule has 4 nitrogen and oxygen atoms in total. The van der Waals surface area contributed by atoms with Crippen LogP contribution in [0.1, 0.15) is 36.4 Å². The summed E-state index contributed by atoms with van der Waals surface area (Å²) in [6.07, 6.45) is 0.412. The Hall–Kier alpha value is -2.76. The molecule has 1 amide bonds. The Bertz CT molecular complexity index is 825. The van der Waals surface area contributed by atoms with Crippen molar-refractivity contribution in [2.45, 2.75) is 25.3 Å². The summed E-state index contributed by atoms with van der Waals surface area (Å²) in [5.74, 6) is -4.16. The van der Waals surface area contributed by atoms with Crippen molar-refractivity contribution < 1.29 is 23.5 Å². The normalized spacial score (nSPS) is 20.9. The number of aliphatic carboxylic acids is 1. The number of carboxylic acid groups (broad SMARTS) is 1. The molecule has 0 heterocycles. The van der Waals surface area contributed by atoms with Gasteiger partial charge in [0.1, 0.15) is 11.6 Å². The SMILES string of the molecule is CC(C(=O)O)C(NC(=O)C1CC1c1cc(F)ccc1F)c1ccccc1. The zero-order chi connectivity index (χ0) is 18.8. The summed E-state index contributed by atoms with van der Waals surface area (Å²) in [6, 6.07) is 11.4. The summed E-state index contributed by atoms with van der Waals surface area (Å²) in [6.45, 7) is 1.52. The summed E-state index contributed by atoms with van der Waals surface area (Å²) in [5.41, 5.74) is 0.873. The van der Waals surface area contributed by atoms with E-state index in [2.05, 4.69) is 5.32 Å². The molecule has 2 aromatic carbocycles. The van der Waals surface area contributed by atoms with E-state index in [1.807, 2.05) is 0 Å². The van der Waals surface area contributed by atoms with E-state index in [0.717, 1.165) is 18.2 Å². The van der Waals surface area contributed by atoms with Crippen LogP contribution in [0.4, 0.5) is 8.78 Å². The monoisotopic (exact) mass is 359 g/mol. The molecular weight excluding hydrogens is 340 g/mol. The van der Waals surface area contributed by atoms with Crippen LogP contribution in [0.15, 0.2) is 48.5 Å². The van der Waals surface area contributed by atoms with Crippen molar-refractivity contribution in [2.24, 2.45) is 11.8 Å². The summed E-state index contributed by atoms with van der Waals surface area (Å²) in [4.78, 5) is 24.0. The lowest BCUT2D eigenvalue weighted by Crippen LogP contribution is -2.36. The maximum atomic E-state index is 13.9. The number of amides is 1. The average molecular weight is 359 g/mol. The van der Waals surface area contributed by atoms with Crippen LogP contribution in [0.2, 0.25) is 0 Å². The third kappa shape index (κ3) is 3.74. The Balaban J connectivity index is 1.75. The molecule has 0 aliphatic heterocycles. The quantitative estimate of drug-likeness (QED) is 0.827. The van der Waals surface area contributed by atoms with E-state index in [4.69, 9.17) is 0 Å². The van der Waals surface area contributed by atoms with Gasteiger partial charge in [0.2, 0.25) is 5.91 Å². The van der Waals surface area contributed by atoms with Crippen LogP contribution in [-0.2, 0) is 9.59 Å². The van der Waals surface area contributed by atoms with Gasteiger partial charge in [0, 0.05) is 5.92 Å². The first-order chi connectivity index (χ1) is 12.4. The van der Waals surface area contributed by atoms with E-state index in [1.165, 1.54) is 6.92 Å². The third-order valence-electron chi connectivity index (χ3n) is 4.83. The predicted octanol–water partition coefficient (Wildman–Crippen LogP) is 3.65. The Morgan fingerprint density at radius 2 is 1.85 bits per heavy atom. The van der Waals surface area contributed by atoms with Gasteiger partial charge in [-0.25, -0.2) is 8.78 Å². The first kappa shape index (κ1) is 18.0. The second-order valence-corrected chi connectivity index (χ2v) is 6.64. The highest BCUT2D eigenvalue weighted by Gasteiger charge is 2.46. The molecule has 0 radical (unpaired) electrons. The van der Waals surface area contributed by atoms with Gasteiger partial charge in [-0.3, -0.25) is 9.59 Å². The smallest absolute Gasteiger partial charge is 0.308 e. The van der Waals surface area contributed by atoms with Crippen molar-refractivity contribution in [3.8, 4) is 0 Å². The van der Waals surface area contributed by atoms with Crippen LogP contribution < -0.4 is 5.32 Å². The molecule has 1 aliphatic rings. The molecule has 2 aromatic rings. The minimum Gasteiger partial charge on any atom is -0.481 e. The summed E-state index contributed by atoms with van der Waals surface area (Å²) < 4.78 is 27.2. The van der Waals surface area contributed by atoms with E-state index in [0.29, 0.717) is 12.0 Å². The van der Waals surface area contributed by atoms with E-state index < -0.39 is 35.5 Å². The zero-order valence-corrected chi connectivity index (χ0v) is 14.2. The number of rotatable bonds is 6. The molecule has 26 heavy (non-hydrogen) atoms. The molecule has 1 saturated carbocycles. The lowest BCUT2D eigenvalue weighted by molar-refractivity contribution is -0.142. The first-order valence-electron chi connectivity index (χ1n) is 8.41. The average Bonchev–Trinajstić information content (AvgIpc) is 3.42. The van der Waals surface area contributed by atoms with Crippen molar-refractivity contribution >= 4 is 11.9 Å². The fourth-order valence-corrected chi connectivity index (χ4v) is 3.19. The second-order valence-electron chi connectivity index (χ2n) is 6.64. The summed E-state index contributed by atoms with van der Waals surface area (Å²) >= 11 is 0. The maximum Gasteiger partial charge on any atom is 0.308 e. The number of nitrogens with one attached hydrogen (secondary N) is 1. The van der Waals surface area contributed by atoms with Crippen LogP contribution in [0.3, 0.4) is 0 Å². The highest BCUT2D eigenvalue weighted by atomic mass is 19.1. The molecule has 2 N–H and O–H groups in total. The molecule has 0 aromatic heterocycles. The van der Waals surface area contributed by atoms with E-state index in [-0.39, 0.29) is 17.4 Å². The van der Waals surface area contributed by atoms with Gasteiger partial charge in [0.25, 0.3) is 0 Å². The number of halogens is 2. The zero-order valence-electron chi connectivity index (χ0n) is 14.2. The number of carboxylic acids is 1. The molecule has 4 atom stereocenters. The topological polar surface area (TPSA) is 66.4 Å². The van der Waals surface area contributed by atoms with Crippen molar-refractivity contribution in [1.29, 1.82) is 0 Å². The lowest BCUT2D eigenvalue weighted by atomic mass is 9.94. The second kappa shape index (κ2) is 7.23. The molecule has 0 spiro atoms. The predicted molar refractivity (Wildman–Crippen MR) is 91.3 cm³/mol.